The lowest BCUT2D eigenvalue weighted by Crippen LogP contribution is -2.09. The van der Waals surface area contributed by atoms with E-state index in [-0.39, 0.29) is 11.3 Å². The highest BCUT2D eigenvalue weighted by molar-refractivity contribution is 7.80. The molecule has 4 unspecified atom stereocenters. The van der Waals surface area contributed by atoms with Gasteiger partial charge in [-0.05, 0) is 50.4 Å². The number of carbonyl (C=O) groups is 1. The van der Waals surface area contributed by atoms with Crippen molar-refractivity contribution in [3.63, 3.8) is 0 Å². The Kier molecular flexibility index (Phi) is 4.24. The molecule has 4 atom stereocenters. The van der Waals surface area contributed by atoms with Crippen molar-refractivity contribution in [2.45, 2.75) is 51.3 Å². The van der Waals surface area contributed by atoms with E-state index in [1.807, 2.05) is 18.5 Å². The molecule has 1 fully saturated rings. The molecule has 0 bridgehead atoms. The minimum Gasteiger partial charge on any atom is -0.465 e. The topological polar surface area (TPSA) is 57.0 Å². The van der Waals surface area contributed by atoms with Crippen molar-refractivity contribution in [3.8, 4) is 0 Å². The lowest BCUT2D eigenvalue weighted by atomic mass is 10.0. The van der Waals surface area contributed by atoms with Crippen molar-refractivity contribution in [2.24, 2.45) is 17.8 Å². The molecular weight excluding hydrogens is 286 g/mol. The molecule has 1 saturated carbocycles. The number of aromatic nitrogens is 3. The van der Waals surface area contributed by atoms with Crippen LogP contribution in [-0.2, 0) is 22.4 Å². The summed E-state index contributed by atoms with van der Waals surface area (Å²) in [6.45, 7) is 4.45. The second-order valence-corrected chi connectivity index (χ2v) is 6.91. The maximum atomic E-state index is 11.3. The quantitative estimate of drug-likeness (QED) is 0.685. The third kappa shape index (κ3) is 2.96. The molecule has 21 heavy (non-hydrogen) atoms. The summed E-state index contributed by atoms with van der Waals surface area (Å²) < 4.78 is 7.26. The van der Waals surface area contributed by atoms with Crippen LogP contribution in [-0.4, -0.2) is 27.6 Å². The Hall–Kier alpha value is -1.04. The van der Waals surface area contributed by atoms with Gasteiger partial charge in [0.2, 0.25) is 0 Å². The first-order valence-electron chi connectivity index (χ1n) is 7.88. The van der Waals surface area contributed by atoms with Crippen LogP contribution in [0.1, 0.15) is 49.9 Å². The number of esters is 1. The molecule has 5 nitrogen and oxygen atoms in total. The summed E-state index contributed by atoms with van der Waals surface area (Å²) in [5.74, 6) is 1.86. The van der Waals surface area contributed by atoms with Crippen molar-refractivity contribution in [2.75, 3.05) is 6.61 Å². The minimum absolute atomic E-state index is 0.0667. The zero-order valence-corrected chi connectivity index (χ0v) is 13.6. The molecular formula is C15H23N3O2S. The van der Waals surface area contributed by atoms with Crippen molar-refractivity contribution in [1.82, 2.24) is 15.0 Å². The van der Waals surface area contributed by atoms with Gasteiger partial charge in [0.1, 0.15) is 0 Å². The van der Waals surface area contributed by atoms with Crippen LogP contribution in [0, 0.1) is 17.8 Å². The number of carbonyl (C=O) groups excluding carboxylic acids is 1. The second-order valence-electron chi connectivity index (χ2n) is 6.16. The molecule has 0 spiro atoms. The summed E-state index contributed by atoms with van der Waals surface area (Å²) in [5, 5.41) is 8.62. The monoisotopic (exact) mass is 309 g/mol. The molecule has 116 valence electrons. The van der Waals surface area contributed by atoms with Gasteiger partial charge in [-0.2, -0.15) is 12.6 Å². The van der Waals surface area contributed by atoms with Gasteiger partial charge in [-0.15, -0.1) is 5.10 Å². The van der Waals surface area contributed by atoms with Crippen LogP contribution in [0.2, 0.25) is 0 Å². The molecule has 1 heterocycles. The third-order valence-electron chi connectivity index (χ3n) is 4.89. The SMILES string of the molecule is CCC(=O)OCC1C2CCc3nnn(C(C)S)c3CCC21. The van der Waals surface area contributed by atoms with Crippen LogP contribution in [0.25, 0.3) is 0 Å². The largest absolute Gasteiger partial charge is 0.465 e. The van der Waals surface area contributed by atoms with Crippen LogP contribution < -0.4 is 0 Å². The van der Waals surface area contributed by atoms with E-state index in [0.29, 0.717) is 30.8 Å². The van der Waals surface area contributed by atoms with E-state index < -0.39 is 0 Å². The normalized spacial score (nSPS) is 28.8. The number of rotatable bonds is 4. The third-order valence-corrected chi connectivity index (χ3v) is 5.11. The number of hydrogen-bond acceptors (Lipinski definition) is 5. The molecule has 0 N–H and O–H groups in total. The minimum atomic E-state index is -0.0845. The Labute approximate surface area is 130 Å². The number of fused-ring (bicyclic) bond motifs is 2. The highest BCUT2D eigenvalue weighted by Gasteiger charge is 2.50. The van der Waals surface area contributed by atoms with E-state index in [0.717, 1.165) is 31.4 Å². The molecule has 6 heteroatoms. The molecule has 1 aromatic heterocycles. The van der Waals surface area contributed by atoms with Gasteiger partial charge in [0, 0.05) is 6.42 Å². The first kappa shape index (κ1) is 14.9. The summed E-state index contributed by atoms with van der Waals surface area (Å²) in [4.78, 5) is 11.3. The van der Waals surface area contributed by atoms with Gasteiger partial charge < -0.3 is 4.74 Å². The van der Waals surface area contributed by atoms with E-state index in [1.165, 1.54) is 5.69 Å². The molecule has 0 amide bonds. The van der Waals surface area contributed by atoms with Gasteiger partial charge in [-0.25, -0.2) is 4.68 Å². The molecule has 0 radical (unpaired) electrons. The Morgan fingerprint density at radius 2 is 2.14 bits per heavy atom. The zero-order chi connectivity index (χ0) is 15.0. The average Bonchev–Trinajstić information content (AvgIpc) is 2.93. The number of aryl methyl sites for hydroxylation is 1. The molecule has 3 rings (SSSR count). The Morgan fingerprint density at radius 1 is 1.43 bits per heavy atom. The van der Waals surface area contributed by atoms with E-state index >= 15 is 0 Å². The highest BCUT2D eigenvalue weighted by Crippen LogP contribution is 2.53. The molecule has 0 aromatic carbocycles. The van der Waals surface area contributed by atoms with Gasteiger partial charge in [0.25, 0.3) is 0 Å². The van der Waals surface area contributed by atoms with Crippen LogP contribution in [0.3, 0.4) is 0 Å². The standard InChI is InChI=1S/C15H23N3O2S/c1-3-15(19)20-8-12-10-4-6-13-14(7-5-11(10)12)18(9(2)21)17-16-13/h9-12,21H,3-8H2,1-2H3. The van der Waals surface area contributed by atoms with E-state index in [1.54, 1.807) is 0 Å². The lowest BCUT2D eigenvalue weighted by Gasteiger charge is -2.12. The summed E-state index contributed by atoms with van der Waals surface area (Å²) in [5.41, 5.74) is 2.37. The number of thiol groups is 1. The van der Waals surface area contributed by atoms with Gasteiger partial charge in [-0.3, -0.25) is 4.79 Å². The molecule has 2 aliphatic rings. The maximum absolute atomic E-state index is 11.3. The fourth-order valence-electron chi connectivity index (χ4n) is 3.63. The van der Waals surface area contributed by atoms with E-state index in [4.69, 9.17) is 4.74 Å². The van der Waals surface area contributed by atoms with Gasteiger partial charge in [-0.1, -0.05) is 12.1 Å². The van der Waals surface area contributed by atoms with Crippen molar-refractivity contribution < 1.29 is 9.53 Å². The summed E-state index contributed by atoms with van der Waals surface area (Å²) in [6, 6.07) is 0. The zero-order valence-electron chi connectivity index (χ0n) is 12.7. The number of ether oxygens (including phenoxy) is 1. The van der Waals surface area contributed by atoms with Gasteiger partial charge in [0.05, 0.1) is 23.4 Å². The summed E-state index contributed by atoms with van der Waals surface area (Å²) >= 11 is 4.47. The second kappa shape index (κ2) is 5.99. The first-order valence-corrected chi connectivity index (χ1v) is 8.40. The van der Waals surface area contributed by atoms with Crippen molar-refractivity contribution in [3.05, 3.63) is 11.4 Å². The Morgan fingerprint density at radius 3 is 2.81 bits per heavy atom. The molecule has 0 aliphatic heterocycles. The summed E-state index contributed by atoms with van der Waals surface area (Å²) in [7, 11) is 0. The summed E-state index contributed by atoms with van der Waals surface area (Å²) in [6.07, 6.45) is 4.72. The van der Waals surface area contributed by atoms with Crippen molar-refractivity contribution >= 4 is 18.6 Å². The van der Waals surface area contributed by atoms with Crippen molar-refractivity contribution in [1.29, 1.82) is 0 Å². The Bertz CT molecular complexity index is 529. The van der Waals surface area contributed by atoms with Crippen LogP contribution >= 0.6 is 12.6 Å². The van der Waals surface area contributed by atoms with Crippen LogP contribution in [0.4, 0.5) is 0 Å². The van der Waals surface area contributed by atoms with Crippen LogP contribution in [0.5, 0.6) is 0 Å². The fraction of sp³-hybridized carbons (Fsp3) is 0.800. The van der Waals surface area contributed by atoms with E-state index in [2.05, 4.69) is 22.9 Å². The van der Waals surface area contributed by atoms with E-state index in [9.17, 15) is 4.79 Å². The molecule has 2 aliphatic carbocycles. The van der Waals surface area contributed by atoms with Gasteiger partial charge in [0.15, 0.2) is 0 Å². The molecule has 0 saturated heterocycles. The highest BCUT2D eigenvalue weighted by atomic mass is 32.1. The predicted molar refractivity (Wildman–Crippen MR) is 82.1 cm³/mol. The fourth-order valence-corrected chi connectivity index (χ4v) is 3.81. The molecule has 1 aromatic rings. The lowest BCUT2D eigenvalue weighted by molar-refractivity contribution is -0.143. The number of hydrogen-bond donors (Lipinski definition) is 1. The van der Waals surface area contributed by atoms with Gasteiger partial charge >= 0.3 is 5.97 Å². The predicted octanol–water partition coefficient (Wildman–Crippen LogP) is 2.42. The first-order chi connectivity index (χ1) is 10.1. The maximum Gasteiger partial charge on any atom is 0.305 e. The van der Waals surface area contributed by atoms with Crippen LogP contribution in [0.15, 0.2) is 0 Å². The number of nitrogens with zero attached hydrogens (tertiary/aromatic N) is 3. The Balaban J connectivity index is 1.62. The average molecular weight is 309 g/mol. The smallest absolute Gasteiger partial charge is 0.305 e.